The Bertz CT molecular complexity index is 1090. The normalized spacial score (nSPS) is 10.7. The minimum atomic E-state index is -0.278. The molecule has 3 aromatic carbocycles. The van der Waals surface area contributed by atoms with E-state index in [-0.39, 0.29) is 17.6 Å². The third-order valence-corrected chi connectivity index (χ3v) is 5.41. The number of amides is 1. The number of halogens is 2. The molecule has 0 saturated heterocycles. The van der Waals surface area contributed by atoms with Gasteiger partial charge in [-0.1, -0.05) is 32.0 Å². The number of carbonyl (C=O) groups is 1. The minimum absolute atomic E-state index is 0.0198. The Hall–Kier alpha value is -3.06. The Morgan fingerprint density at radius 1 is 1.00 bits per heavy atom. The van der Waals surface area contributed by atoms with E-state index in [1.165, 1.54) is 12.1 Å². The van der Waals surface area contributed by atoms with Gasteiger partial charge in [-0.05, 0) is 76.4 Å². The number of carbonyl (C=O) groups excluding carboxylic acids is 1. The van der Waals surface area contributed by atoms with Crippen molar-refractivity contribution in [1.82, 2.24) is 0 Å². The molecular weight excluding hydrogens is 487 g/mol. The third kappa shape index (κ3) is 7.22. The Labute approximate surface area is 202 Å². The van der Waals surface area contributed by atoms with Crippen molar-refractivity contribution in [1.29, 1.82) is 0 Å². The second-order valence-corrected chi connectivity index (χ2v) is 8.69. The second kappa shape index (κ2) is 11.7. The smallest absolute Gasteiger partial charge is 0.226 e. The largest absolute Gasteiger partial charge is 0.490 e. The lowest BCUT2D eigenvalue weighted by Crippen LogP contribution is -2.17. The molecule has 174 valence electrons. The van der Waals surface area contributed by atoms with Crippen LogP contribution < -0.4 is 20.1 Å². The predicted octanol–water partition coefficient (Wildman–Crippen LogP) is 6.77. The summed E-state index contributed by atoms with van der Waals surface area (Å²) in [5.74, 6) is 0.847. The van der Waals surface area contributed by atoms with E-state index in [9.17, 15) is 9.18 Å². The first-order valence-corrected chi connectivity index (χ1v) is 11.6. The van der Waals surface area contributed by atoms with Gasteiger partial charge in [0.05, 0.1) is 11.1 Å². The van der Waals surface area contributed by atoms with Crippen LogP contribution in [0.15, 0.2) is 65.1 Å². The molecule has 0 saturated carbocycles. The fourth-order valence-corrected chi connectivity index (χ4v) is 3.66. The first kappa shape index (κ1) is 24.6. The van der Waals surface area contributed by atoms with Gasteiger partial charge in [0.2, 0.25) is 5.91 Å². The summed E-state index contributed by atoms with van der Waals surface area (Å²) in [5, 5.41) is 6.29. The summed E-state index contributed by atoms with van der Waals surface area (Å²) in [4.78, 5) is 12.0. The van der Waals surface area contributed by atoms with E-state index in [0.29, 0.717) is 31.3 Å². The average molecular weight is 515 g/mol. The Kier molecular flexibility index (Phi) is 8.72. The summed E-state index contributed by atoms with van der Waals surface area (Å²) in [6, 6.07) is 17.7. The van der Waals surface area contributed by atoms with Crippen LogP contribution in [-0.4, -0.2) is 12.5 Å². The summed E-state index contributed by atoms with van der Waals surface area (Å²) in [5.41, 5.74) is 3.50. The quantitative estimate of drug-likeness (QED) is 0.313. The number of nitrogens with one attached hydrogen (secondary N) is 2. The van der Waals surface area contributed by atoms with Gasteiger partial charge >= 0.3 is 0 Å². The van der Waals surface area contributed by atoms with Crippen molar-refractivity contribution in [3.63, 3.8) is 0 Å². The second-order valence-electron chi connectivity index (χ2n) is 7.83. The monoisotopic (exact) mass is 514 g/mol. The molecule has 0 radical (unpaired) electrons. The van der Waals surface area contributed by atoms with Crippen LogP contribution in [0.4, 0.5) is 15.8 Å². The van der Waals surface area contributed by atoms with Crippen LogP contribution in [0.5, 0.6) is 11.5 Å². The standard InChI is InChI=1S/C26H28BrFN2O3/c1-4-32-24-13-19(12-23(27)25(24)33-16-18-8-10-20(28)11-9-18)15-29-21-6-5-7-22(14-21)30-26(31)17(2)3/h5-14,17,29H,4,15-16H2,1-3H3,(H,30,31). The molecule has 7 heteroatoms. The van der Waals surface area contributed by atoms with Crippen LogP contribution in [-0.2, 0) is 17.9 Å². The number of rotatable bonds is 10. The zero-order chi connectivity index (χ0) is 23.8. The first-order valence-electron chi connectivity index (χ1n) is 10.8. The highest BCUT2D eigenvalue weighted by Gasteiger charge is 2.13. The molecular formula is C26H28BrFN2O3. The molecule has 2 N–H and O–H groups in total. The molecule has 1 amide bonds. The topological polar surface area (TPSA) is 59.6 Å². The van der Waals surface area contributed by atoms with Crippen molar-refractivity contribution in [3.8, 4) is 11.5 Å². The molecule has 0 atom stereocenters. The van der Waals surface area contributed by atoms with Gasteiger partial charge in [0, 0.05) is 23.8 Å². The summed E-state index contributed by atoms with van der Waals surface area (Å²) in [6.07, 6.45) is 0. The average Bonchev–Trinajstić information content (AvgIpc) is 2.78. The molecule has 33 heavy (non-hydrogen) atoms. The number of hydrogen-bond donors (Lipinski definition) is 2. The molecule has 0 fully saturated rings. The summed E-state index contributed by atoms with van der Waals surface area (Å²) in [7, 11) is 0. The van der Waals surface area contributed by atoms with Crippen LogP contribution in [0.25, 0.3) is 0 Å². The Morgan fingerprint density at radius 3 is 2.42 bits per heavy atom. The molecule has 0 heterocycles. The van der Waals surface area contributed by atoms with Gasteiger partial charge in [0.15, 0.2) is 11.5 Å². The van der Waals surface area contributed by atoms with Crippen molar-refractivity contribution in [2.24, 2.45) is 5.92 Å². The molecule has 0 spiro atoms. The number of anilines is 2. The predicted molar refractivity (Wildman–Crippen MR) is 133 cm³/mol. The van der Waals surface area contributed by atoms with Crippen LogP contribution >= 0.6 is 15.9 Å². The lowest BCUT2D eigenvalue weighted by Gasteiger charge is -2.16. The van der Waals surface area contributed by atoms with Gasteiger partial charge < -0.3 is 20.1 Å². The van der Waals surface area contributed by atoms with Gasteiger partial charge in [0.25, 0.3) is 0 Å². The van der Waals surface area contributed by atoms with E-state index in [1.54, 1.807) is 12.1 Å². The van der Waals surface area contributed by atoms with Crippen LogP contribution in [0, 0.1) is 11.7 Å². The van der Waals surface area contributed by atoms with Gasteiger partial charge in [0.1, 0.15) is 12.4 Å². The van der Waals surface area contributed by atoms with Crippen molar-refractivity contribution < 1.29 is 18.7 Å². The van der Waals surface area contributed by atoms with Crippen LogP contribution in [0.2, 0.25) is 0 Å². The van der Waals surface area contributed by atoms with Crippen molar-refractivity contribution >= 4 is 33.2 Å². The maximum Gasteiger partial charge on any atom is 0.226 e. The Morgan fingerprint density at radius 2 is 1.73 bits per heavy atom. The molecule has 0 unspecified atom stereocenters. The molecule has 0 aliphatic heterocycles. The van der Waals surface area contributed by atoms with Gasteiger partial charge in [-0.25, -0.2) is 4.39 Å². The SMILES string of the molecule is CCOc1cc(CNc2cccc(NC(=O)C(C)C)c2)cc(Br)c1OCc1ccc(F)cc1. The van der Waals surface area contributed by atoms with Crippen molar-refractivity contribution in [2.75, 3.05) is 17.2 Å². The lowest BCUT2D eigenvalue weighted by atomic mass is 10.1. The molecule has 0 aliphatic carbocycles. The van der Waals surface area contributed by atoms with Crippen molar-refractivity contribution in [3.05, 3.63) is 82.1 Å². The highest BCUT2D eigenvalue weighted by molar-refractivity contribution is 9.10. The fraction of sp³-hybridized carbons (Fsp3) is 0.269. The molecule has 0 bridgehead atoms. The maximum absolute atomic E-state index is 13.1. The van der Waals surface area contributed by atoms with E-state index in [0.717, 1.165) is 27.0 Å². The molecule has 5 nitrogen and oxygen atoms in total. The third-order valence-electron chi connectivity index (χ3n) is 4.82. The summed E-state index contributed by atoms with van der Waals surface area (Å²) >= 11 is 3.59. The van der Waals surface area contributed by atoms with E-state index >= 15 is 0 Å². The van der Waals surface area contributed by atoms with E-state index in [2.05, 4.69) is 26.6 Å². The zero-order valence-corrected chi connectivity index (χ0v) is 20.5. The Balaban J connectivity index is 1.70. The van der Waals surface area contributed by atoms with E-state index < -0.39 is 0 Å². The number of ether oxygens (including phenoxy) is 2. The highest BCUT2D eigenvalue weighted by atomic mass is 79.9. The van der Waals surface area contributed by atoms with E-state index in [1.807, 2.05) is 57.2 Å². The number of hydrogen-bond acceptors (Lipinski definition) is 4. The van der Waals surface area contributed by atoms with E-state index in [4.69, 9.17) is 9.47 Å². The van der Waals surface area contributed by atoms with Gasteiger partial charge in [-0.2, -0.15) is 0 Å². The molecule has 0 aliphatic rings. The lowest BCUT2D eigenvalue weighted by molar-refractivity contribution is -0.118. The maximum atomic E-state index is 13.1. The molecule has 3 rings (SSSR count). The van der Waals surface area contributed by atoms with Crippen LogP contribution in [0.3, 0.4) is 0 Å². The number of benzene rings is 3. The van der Waals surface area contributed by atoms with Gasteiger partial charge in [-0.3, -0.25) is 4.79 Å². The minimum Gasteiger partial charge on any atom is -0.490 e. The van der Waals surface area contributed by atoms with Gasteiger partial charge in [-0.15, -0.1) is 0 Å². The van der Waals surface area contributed by atoms with Crippen molar-refractivity contribution in [2.45, 2.75) is 33.9 Å². The summed E-state index contributed by atoms with van der Waals surface area (Å²) in [6.45, 7) is 6.98. The fourth-order valence-electron chi connectivity index (χ4n) is 3.06. The zero-order valence-electron chi connectivity index (χ0n) is 19.0. The van der Waals surface area contributed by atoms with Crippen LogP contribution in [0.1, 0.15) is 31.9 Å². The molecule has 3 aromatic rings. The summed E-state index contributed by atoms with van der Waals surface area (Å²) < 4.78 is 25.7. The first-order chi connectivity index (χ1) is 15.9. The highest BCUT2D eigenvalue weighted by Crippen LogP contribution is 2.37. The molecule has 0 aromatic heterocycles.